The Labute approximate surface area is 140 Å². The van der Waals surface area contributed by atoms with E-state index in [2.05, 4.69) is 44.7 Å². The van der Waals surface area contributed by atoms with Gasteiger partial charge in [0.1, 0.15) is 12.7 Å². The van der Waals surface area contributed by atoms with Gasteiger partial charge in [-0.05, 0) is 25.8 Å². The van der Waals surface area contributed by atoms with Gasteiger partial charge in [-0.3, -0.25) is 0 Å². The van der Waals surface area contributed by atoms with Crippen molar-refractivity contribution in [3.05, 3.63) is 30.2 Å². The molecule has 0 aromatic carbocycles. The monoisotopic (exact) mass is 330 g/mol. The maximum atomic E-state index is 5.11. The molecule has 0 radical (unpaired) electrons. The molecule has 3 rings (SSSR count). The van der Waals surface area contributed by atoms with Gasteiger partial charge < -0.3 is 14.6 Å². The molecule has 1 unspecified atom stereocenters. The number of fused-ring (bicyclic) bond motifs is 1. The lowest BCUT2D eigenvalue weighted by Crippen LogP contribution is -2.15. The van der Waals surface area contributed by atoms with E-state index < -0.39 is 0 Å². The summed E-state index contributed by atoms with van der Waals surface area (Å²) in [5.74, 6) is 0.874. The van der Waals surface area contributed by atoms with Crippen molar-refractivity contribution in [1.29, 1.82) is 0 Å². The first-order valence-electron chi connectivity index (χ1n) is 8.06. The molecule has 0 aliphatic carbocycles. The molecule has 0 saturated carbocycles. The fourth-order valence-electron chi connectivity index (χ4n) is 2.61. The topological polar surface area (TPSA) is 95.0 Å². The first-order chi connectivity index (χ1) is 11.7. The Kier molecular flexibility index (Phi) is 4.99. The number of rotatable bonds is 8. The Morgan fingerprint density at radius 2 is 2.08 bits per heavy atom. The van der Waals surface area contributed by atoms with Gasteiger partial charge in [-0.2, -0.15) is 9.61 Å². The normalized spacial score (nSPS) is 12.6. The molecular weight excluding hydrogens is 308 g/mol. The Hall–Kier alpha value is -2.55. The Morgan fingerprint density at radius 3 is 2.88 bits per heavy atom. The van der Waals surface area contributed by atoms with Crippen molar-refractivity contribution in [1.82, 2.24) is 34.6 Å². The van der Waals surface area contributed by atoms with Gasteiger partial charge in [0.25, 0.3) is 0 Å². The van der Waals surface area contributed by atoms with Gasteiger partial charge in [-0.1, -0.05) is 6.92 Å². The minimum Gasteiger partial charge on any atom is -0.385 e. The SMILES string of the molecule is CCc1cc(NC(C)c2nncn2CCCOC)c2nncn2n1. The predicted octanol–water partition coefficient (Wildman–Crippen LogP) is 1.49. The van der Waals surface area contributed by atoms with Gasteiger partial charge >= 0.3 is 0 Å². The van der Waals surface area contributed by atoms with Crippen LogP contribution in [0.3, 0.4) is 0 Å². The minimum atomic E-state index is -0.0253. The van der Waals surface area contributed by atoms with Crippen LogP contribution in [0.1, 0.15) is 37.8 Å². The highest BCUT2D eigenvalue weighted by molar-refractivity contribution is 5.67. The minimum absolute atomic E-state index is 0.0253. The van der Waals surface area contributed by atoms with Gasteiger partial charge in [-0.25, -0.2) is 0 Å². The second-order valence-corrected chi connectivity index (χ2v) is 5.60. The lowest BCUT2D eigenvalue weighted by Gasteiger charge is -2.16. The summed E-state index contributed by atoms with van der Waals surface area (Å²) in [6, 6.07) is 1.98. The fourth-order valence-corrected chi connectivity index (χ4v) is 2.61. The molecule has 1 atom stereocenters. The Bertz CT molecular complexity index is 796. The third-order valence-electron chi connectivity index (χ3n) is 3.83. The molecule has 0 aliphatic heterocycles. The summed E-state index contributed by atoms with van der Waals surface area (Å²) in [6.07, 6.45) is 5.11. The smallest absolute Gasteiger partial charge is 0.200 e. The highest BCUT2D eigenvalue weighted by Gasteiger charge is 2.16. The van der Waals surface area contributed by atoms with Crippen LogP contribution < -0.4 is 5.32 Å². The lowest BCUT2D eigenvalue weighted by molar-refractivity contribution is 0.190. The van der Waals surface area contributed by atoms with Crippen LogP contribution in [0.15, 0.2) is 18.7 Å². The number of hydrogen-bond acceptors (Lipinski definition) is 7. The number of aryl methyl sites for hydroxylation is 2. The van der Waals surface area contributed by atoms with Crippen molar-refractivity contribution in [3.63, 3.8) is 0 Å². The van der Waals surface area contributed by atoms with Gasteiger partial charge in [0.15, 0.2) is 5.82 Å². The molecule has 1 N–H and O–H groups in total. The number of hydrogen-bond donors (Lipinski definition) is 1. The highest BCUT2D eigenvalue weighted by Crippen LogP contribution is 2.21. The summed E-state index contributed by atoms with van der Waals surface area (Å²) in [7, 11) is 1.70. The molecule has 0 bridgehead atoms. The molecule has 3 aromatic rings. The summed E-state index contributed by atoms with van der Waals surface area (Å²) in [6.45, 7) is 5.65. The third-order valence-corrected chi connectivity index (χ3v) is 3.83. The molecule has 0 aliphatic rings. The summed E-state index contributed by atoms with van der Waals surface area (Å²) < 4.78 is 8.84. The van der Waals surface area contributed by atoms with E-state index in [0.717, 1.165) is 36.6 Å². The Morgan fingerprint density at radius 1 is 1.25 bits per heavy atom. The largest absolute Gasteiger partial charge is 0.385 e. The summed E-state index contributed by atoms with van der Waals surface area (Å²) in [5, 5.41) is 24.3. The quantitative estimate of drug-likeness (QED) is 0.625. The number of nitrogens with zero attached hydrogens (tertiary/aromatic N) is 7. The number of nitrogens with one attached hydrogen (secondary N) is 1. The zero-order valence-corrected chi connectivity index (χ0v) is 14.2. The zero-order valence-electron chi connectivity index (χ0n) is 14.2. The van der Waals surface area contributed by atoms with Crippen molar-refractivity contribution < 1.29 is 4.74 Å². The van der Waals surface area contributed by atoms with E-state index in [9.17, 15) is 0 Å². The first-order valence-corrected chi connectivity index (χ1v) is 8.06. The van der Waals surface area contributed by atoms with Crippen LogP contribution in [0.5, 0.6) is 0 Å². The van der Waals surface area contributed by atoms with Crippen molar-refractivity contribution in [3.8, 4) is 0 Å². The maximum absolute atomic E-state index is 5.11. The maximum Gasteiger partial charge on any atom is 0.200 e. The van der Waals surface area contributed by atoms with Gasteiger partial charge in [0.2, 0.25) is 5.65 Å². The fraction of sp³-hybridized carbons (Fsp3) is 0.533. The van der Waals surface area contributed by atoms with Crippen LogP contribution in [0.4, 0.5) is 5.69 Å². The van der Waals surface area contributed by atoms with Gasteiger partial charge in [0.05, 0.1) is 17.4 Å². The van der Waals surface area contributed by atoms with E-state index in [1.165, 1.54) is 0 Å². The molecule has 0 amide bonds. The van der Waals surface area contributed by atoms with Crippen molar-refractivity contribution in [2.45, 2.75) is 39.3 Å². The average molecular weight is 330 g/mol. The lowest BCUT2D eigenvalue weighted by atomic mass is 10.2. The van der Waals surface area contributed by atoms with E-state index >= 15 is 0 Å². The Balaban J connectivity index is 1.81. The number of anilines is 1. The second-order valence-electron chi connectivity index (χ2n) is 5.60. The van der Waals surface area contributed by atoms with Gasteiger partial charge in [-0.15, -0.1) is 20.4 Å². The van der Waals surface area contributed by atoms with Gasteiger partial charge in [0, 0.05) is 20.3 Å². The molecule has 9 nitrogen and oxygen atoms in total. The summed E-state index contributed by atoms with van der Waals surface area (Å²) in [5.41, 5.74) is 2.56. The zero-order chi connectivity index (χ0) is 16.9. The van der Waals surface area contributed by atoms with Crippen molar-refractivity contribution >= 4 is 11.3 Å². The predicted molar refractivity (Wildman–Crippen MR) is 88.7 cm³/mol. The van der Waals surface area contributed by atoms with E-state index in [0.29, 0.717) is 12.3 Å². The average Bonchev–Trinajstić information content (AvgIpc) is 3.23. The molecule has 3 heterocycles. The van der Waals surface area contributed by atoms with Crippen LogP contribution in [-0.4, -0.2) is 48.3 Å². The first kappa shape index (κ1) is 16.3. The number of aromatic nitrogens is 7. The number of methoxy groups -OCH3 is 1. The second kappa shape index (κ2) is 7.35. The molecule has 0 spiro atoms. The molecule has 0 saturated heterocycles. The summed E-state index contributed by atoms with van der Waals surface area (Å²) >= 11 is 0. The van der Waals surface area contributed by atoms with Crippen LogP contribution in [0, 0.1) is 0 Å². The summed E-state index contributed by atoms with van der Waals surface area (Å²) in [4.78, 5) is 0. The molecule has 3 aromatic heterocycles. The molecule has 128 valence electrons. The standard InChI is InChI=1S/C15H22N8O/c1-4-12-8-13(15-20-17-10-23(15)21-12)18-11(2)14-19-16-9-22(14)6-5-7-24-3/h8-11,18H,4-7H2,1-3H3. The van der Waals surface area contributed by atoms with E-state index in [4.69, 9.17) is 4.74 Å². The van der Waals surface area contributed by atoms with Crippen LogP contribution in [-0.2, 0) is 17.7 Å². The van der Waals surface area contributed by atoms with Crippen LogP contribution in [0.25, 0.3) is 5.65 Å². The van der Waals surface area contributed by atoms with E-state index in [1.54, 1.807) is 24.3 Å². The molecule has 24 heavy (non-hydrogen) atoms. The van der Waals surface area contributed by atoms with E-state index in [-0.39, 0.29) is 6.04 Å². The molecular formula is C15H22N8O. The van der Waals surface area contributed by atoms with Crippen LogP contribution in [0.2, 0.25) is 0 Å². The van der Waals surface area contributed by atoms with Crippen LogP contribution >= 0.6 is 0 Å². The third kappa shape index (κ3) is 3.35. The molecule has 9 heteroatoms. The van der Waals surface area contributed by atoms with Crippen molar-refractivity contribution in [2.75, 3.05) is 19.0 Å². The van der Waals surface area contributed by atoms with E-state index in [1.807, 2.05) is 10.6 Å². The van der Waals surface area contributed by atoms with Crippen molar-refractivity contribution in [2.24, 2.45) is 0 Å². The number of ether oxygens (including phenoxy) is 1. The highest BCUT2D eigenvalue weighted by atomic mass is 16.5. The molecule has 0 fully saturated rings.